The Hall–Kier alpha value is -2.24. The fraction of sp³-hybridized carbons (Fsp3) is 0.188. The Morgan fingerprint density at radius 1 is 1.23 bits per heavy atom. The number of halogens is 1. The summed E-state index contributed by atoms with van der Waals surface area (Å²) in [6, 6.07) is 13.1. The number of ether oxygens (including phenoxy) is 1. The summed E-state index contributed by atoms with van der Waals surface area (Å²) < 4.78 is 5.68. The molecule has 5 nitrogen and oxygen atoms in total. The molecule has 22 heavy (non-hydrogen) atoms. The second-order valence-corrected chi connectivity index (χ2v) is 5.29. The van der Waals surface area contributed by atoms with Crippen molar-refractivity contribution in [2.24, 2.45) is 0 Å². The van der Waals surface area contributed by atoms with E-state index in [4.69, 9.17) is 16.3 Å². The number of nitrogens with zero attached hydrogens (tertiary/aromatic N) is 1. The molecule has 3 rings (SSSR count). The average molecular weight is 317 g/mol. The molecular formula is C16H15ClN3O2. The number of urea groups is 1. The summed E-state index contributed by atoms with van der Waals surface area (Å²) in [6.45, 7) is 1.92. The Balaban J connectivity index is 1.51. The molecule has 0 aromatic heterocycles. The highest BCUT2D eigenvalue weighted by molar-refractivity contribution is 6.31. The standard InChI is InChI=1S/C16H15ClN3O2/c17-12-8-13-15(20-16(21)19-13)14(9-12)22-7-6-18-10-11-4-2-1-3-5-11/h1-5,8-9,18H,6-7,10H2,(H,19,21). The minimum atomic E-state index is -0.399. The van der Waals surface area contributed by atoms with E-state index in [-0.39, 0.29) is 0 Å². The number of carbonyl (C=O) groups is 1. The highest BCUT2D eigenvalue weighted by Crippen LogP contribution is 2.39. The lowest BCUT2D eigenvalue weighted by molar-refractivity contribution is 0.255. The summed E-state index contributed by atoms with van der Waals surface area (Å²) in [7, 11) is 0. The maximum absolute atomic E-state index is 11.3. The van der Waals surface area contributed by atoms with Crippen LogP contribution in [-0.2, 0) is 6.54 Å². The van der Waals surface area contributed by atoms with Crippen LogP contribution in [0.3, 0.4) is 0 Å². The molecular weight excluding hydrogens is 302 g/mol. The number of anilines is 1. The number of benzene rings is 2. The highest BCUT2D eigenvalue weighted by atomic mass is 35.5. The highest BCUT2D eigenvalue weighted by Gasteiger charge is 2.23. The molecule has 113 valence electrons. The zero-order chi connectivity index (χ0) is 15.4. The Labute approximate surface area is 133 Å². The van der Waals surface area contributed by atoms with Crippen molar-refractivity contribution < 1.29 is 9.53 Å². The smallest absolute Gasteiger partial charge is 0.346 e. The van der Waals surface area contributed by atoms with E-state index >= 15 is 0 Å². The Morgan fingerprint density at radius 2 is 2.05 bits per heavy atom. The molecule has 0 spiro atoms. The van der Waals surface area contributed by atoms with E-state index in [0.29, 0.717) is 35.3 Å². The number of fused-ring (bicyclic) bond motifs is 1. The first-order chi connectivity index (χ1) is 10.7. The van der Waals surface area contributed by atoms with Gasteiger partial charge in [-0.3, -0.25) is 0 Å². The van der Waals surface area contributed by atoms with Gasteiger partial charge in [-0.2, -0.15) is 5.32 Å². The zero-order valence-corrected chi connectivity index (χ0v) is 12.6. The quantitative estimate of drug-likeness (QED) is 0.804. The van der Waals surface area contributed by atoms with Crippen molar-refractivity contribution in [3.63, 3.8) is 0 Å². The van der Waals surface area contributed by atoms with Gasteiger partial charge in [0, 0.05) is 24.2 Å². The molecule has 0 saturated heterocycles. The van der Waals surface area contributed by atoms with Crippen molar-refractivity contribution in [3.8, 4) is 5.75 Å². The molecule has 2 aromatic carbocycles. The first-order valence-corrected chi connectivity index (χ1v) is 7.34. The molecule has 1 radical (unpaired) electrons. The lowest BCUT2D eigenvalue weighted by Gasteiger charge is -2.10. The van der Waals surface area contributed by atoms with Crippen LogP contribution in [0.5, 0.6) is 5.75 Å². The maximum atomic E-state index is 11.3. The molecule has 2 aromatic rings. The number of carbonyl (C=O) groups excluding carboxylic acids is 1. The molecule has 0 unspecified atom stereocenters. The summed E-state index contributed by atoms with van der Waals surface area (Å²) >= 11 is 6.01. The van der Waals surface area contributed by atoms with Crippen LogP contribution in [0.1, 0.15) is 5.56 Å². The van der Waals surface area contributed by atoms with E-state index in [9.17, 15) is 4.79 Å². The second-order valence-electron chi connectivity index (χ2n) is 4.85. The van der Waals surface area contributed by atoms with Gasteiger partial charge in [0.1, 0.15) is 18.0 Å². The molecule has 1 aliphatic heterocycles. The fourth-order valence-corrected chi connectivity index (χ4v) is 2.41. The SMILES string of the molecule is O=C1[N]c2c(cc(Cl)cc2OCCNCc2ccccc2)N1. The van der Waals surface area contributed by atoms with Gasteiger partial charge in [-0.25, -0.2) is 4.79 Å². The van der Waals surface area contributed by atoms with Gasteiger partial charge in [0.15, 0.2) is 0 Å². The second kappa shape index (κ2) is 6.68. The number of hydrogen-bond donors (Lipinski definition) is 2. The zero-order valence-electron chi connectivity index (χ0n) is 11.8. The van der Waals surface area contributed by atoms with Crippen molar-refractivity contribution in [1.82, 2.24) is 10.6 Å². The van der Waals surface area contributed by atoms with Crippen LogP contribution in [0.4, 0.5) is 16.2 Å². The predicted octanol–water partition coefficient (Wildman–Crippen LogP) is 3.29. The topological polar surface area (TPSA) is 64.5 Å². The summed E-state index contributed by atoms with van der Waals surface area (Å²) in [6.07, 6.45) is 0. The van der Waals surface area contributed by atoms with Crippen molar-refractivity contribution in [2.45, 2.75) is 6.54 Å². The molecule has 6 heteroatoms. The molecule has 0 aliphatic carbocycles. The van der Waals surface area contributed by atoms with Crippen molar-refractivity contribution in [1.29, 1.82) is 0 Å². The lowest BCUT2D eigenvalue weighted by atomic mass is 10.2. The molecule has 2 amide bonds. The lowest BCUT2D eigenvalue weighted by Crippen LogP contribution is -2.20. The van der Waals surface area contributed by atoms with Crippen LogP contribution in [0.2, 0.25) is 5.02 Å². The van der Waals surface area contributed by atoms with Crippen molar-refractivity contribution in [3.05, 3.63) is 53.1 Å². The van der Waals surface area contributed by atoms with Crippen LogP contribution in [0, 0.1) is 0 Å². The van der Waals surface area contributed by atoms with E-state index in [2.05, 4.69) is 28.1 Å². The number of hydrogen-bond acceptors (Lipinski definition) is 3. The largest absolute Gasteiger partial charge is 0.490 e. The first-order valence-electron chi connectivity index (χ1n) is 6.96. The average Bonchev–Trinajstić information content (AvgIpc) is 2.88. The number of rotatable bonds is 6. The Kier molecular flexibility index (Phi) is 4.46. The summed E-state index contributed by atoms with van der Waals surface area (Å²) in [5.74, 6) is 0.516. The van der Waals surface area contributed by atoms with Crippen LogP contribution in [0.15, 0.2) is 42.5 Å². The molecule has 0 atom stereocenters. The van der Waals surface area contributed by atoms with Crippen molar-refractivity contribution in [2.75, 3.05) is 18.5 Å². The third-order valence-electron chi connectivity index (χ3n) is 3.20. The van der Waals surface area contributed by atoms with E-state index in [1.807, 2.05) is 18.2 Å². The fourth-order valence-electron chi connectivity index (χ4n) is 2.20. The molecule has 1 aliphatic rings. The van der Waals surface area contributed by atoms with Gasteiger partial charge in [0.25, 0.3) is 0 Å². The molecule has 1 heterocycles. The van der Waals surface area contributed by atoms with Crippen LogP contribution in [-0.4, -0.2) is 19.2 Å². The maximum Gasteiger partial charge on any atom is 0.346 e. The van der Waals surface area contributed by atoms with Crippen LogP contribution < -0.4 is 20.7 Å². The van der Waals surface area contributed by atoms with Gasteiger partial charge in [-0.1, -0.05) is 41.9 Å². The normalized spacial score (nSPS) is 12.5. The van der Waals surface area contributed by atoms with Gasteiger partial charge in [0.05, 0.1) is 5.69 Å². The minimum absolute atomic E-state index is 0.399. The van der Waals surface area contributed by atoms with Crippen molar-refractivity contribution >= 4 is 29.0 Å². The Morgan fingerprint density at radius 3 is 2.86 bits per heavy atom. The van der Waals surface area contributed by atoms with Gasteiger partial charge in [-0.15, -0.1) is 0 Å². The van der Waals surface area contributed by atoms with E-state index in [0.717, 1.165) is 6.54 Å². The third kappa shape index (κ3) is 3.50. The monoisotopic (exact) mass is 316 g/mol. The van der Waals surface area contributed by atoms with E-state index in [1.54, 1.807) is 12.1 Å². The third-order valence-corrected chi connectivity index (χ3v) is 3.42. The van der Waals surface area contributed by atoms with Gasteiger partial charge >= 0.3 is 6.03 Å². The Bertz CT molecular complexity index is 677. The van der Waals surface area contributed by atoms with Gasteiger partial charge in [0.2, 0.25) is 0 Å². The van der Waals surface area contributed by atoms with E-state index in [1.165, 1.54) is 5.56 Å². The van der Waals surface area contributed by atoms with Crippen LogP contribution in [0.25, 0.3) is 0 Å². The molecule has 0 bridgehead atoms. The van der Waals surface area contributed by atoms with Gasteiger partial charge < -0.3 is 15.4 Å². The minimum Gasteiger partial charge on any atom is -0.490 e. The summed E-state index contributed by atoms with van der Waals surface area (Å²) in [5.41, 5.74) is 2.32. The molecule has 0 fully saturated rings. The molecule has 0 saturated carbocycles. The van der Waals surface area contributed by atoms with Crippen LogP contribution >= 0.6 is 11.6 Å². The number of amides is 2. The summed E-state index contributed by atoms with van der Waals surface area (Å²) in [5, 5.41) is 10.3. The van der Waals surface area contributed by atoms with E-state index < -0.39 is 6.03 Å². The summed E-state index contributed by atoms with van der Waals surface area (Å²) in [4.78, 5) is 11.3. The molecule has 2 N–H and O–H groups in total. The first kappa shape index (κ1) is 14.7. The predicted molar refractivity (Wildman–Crippen MR) is 85.9 cm³/mol. The van der Waals surface area contributed by atoms with Gasteiger partial charge in [-0.05, 0) is 11.6 Å². The number of nitrogens with one attached hydrogen (secondary N) is 2.